The van der Waals surface area contributed by atoms with Gasteiger partial charge in [0.15, 0.2) is 0 Å². The molecular weight excluding hydrogens is 414 g/mol. The van der Waals surface area contributed by atoms with Gasteiger partial charge >= 0.3 is 0 Å². The van der Waals surface area contributed by atoms with E-state index in [1.54, 1.807) is 24.3 Å². The smallest absolute Gasteiger partial charge is 0.243 e. The summed E-state index contributed by atoms with van der Waals surface area (Å²) in [7, 11) is -2.32. The van der Waals surface area contributed by atoms with Gasteiger partial charge in [0.1, 0.15) is 6.26 Å². The lowest BCUT2D eigenvalue weighted by Crippen LogP contribution is -2.33. The van der Waals surface area contributed by atoms with Crippen molar-refractivity contribution in [3.8, 4) is 17.5 Å². The number of rotatable bonds is 8. The standard InChI is InChI=1S/C20H18ClN3O4S/c1-27-10-9-24(29(25,26)19-7-5-15(12-22)6-8-19)13-18-14-28-20(23-18)16-3-2-4-17(21)11-16/h2-8,11,14H,9-10,13H2,1H3. The van der Waals surface area contributed by atoms with Crippen molar-refractivity contribution in [3.05, 3.63) is 71.1 Å². The molecule has 29 heavy (non-hydrogen) atoms. The molecule has 0 saturated carbocycles. The quantitative estimate of drug-likeness (QED) is 0.539. The predicted molar refractivity (Wildman–Crippen MR) is 108 cm³/mol. The summed E-state index contributed by atoms with van der Waals surface area (Å²) in [5.74, 6) is 0.352. The van der Waals surface area contributed by atoms with Crippen LogP contribution in [0.2, 0.25) is 5.02 Å². The lowest BCUT2D eigenvalue weighted by molar-refractivity contribution is 0.177. The van der Waals surface area contributed by atoms with Gasteiger partial charge in [-0.05, 0) is 42.5 Å². The van der Waals surface area contributed by atoms with Crippen molar-refractivity contribution in [2.75, 3.05) is 20.3 Å². The first-order valence-corrected chi connectivity index (χ1v) is 10.5. The molecule has 0 bridgehead atoms. The van der Waals surface area contributed by atoms with E-state index in [1.807, 2.05) is 6.07 Å². The van der Waals surface area contributed by atoms with Crippen LogP contribution in [0.15, 0.2) is 64.1 Å². The molecule has 0 radical (unpaired) electrons. The number of sulfonamides is 1. The molecule has 0 saturated heterocycles. The van der Waals surface area contributed by atoms with Gasteiger partial charge < -0.3 is 9.15 Å². The van der Waals surface area contributed by atoms with E-state index in [9.17, 15) is 8.42 Å². The van der Waals surface area contributed by atoms with Gasteiger partial charge in [0, 0.05) is 24.2 Å². The van der Waals surface area contributed by atoms with Crippen LogP contribution in [0.1, 0.15) is 11.3 Å². The molecule has 3 rings (SSSR count). The zero-order valence-corrected chi connectivity index (χ0v) is 17.2. The van der Waals surface area contributed by atoms with Crippen molar-refractivity contribution in [1.82, 2.24) is 9.29 Å². The minimum atomic E-state index is -3.82. The Labute approximate surface area is 174 Å². The fraction of sp³-hybridized carbons (Fsp3) is 0.200. The van der Waals surface area contributed by atoms with Gasteiger partial charge in [0.25, 0.3) is 0 Å². The van der Waals surface area contributed by atoms with Gasteiger partial charge in [0.2, 0.25) is 15.9 Å². The molecule has 3 aromatic rings. The number of hydrogen-bond donors (Lipinski definition) is 0. The van der Waals surface area contributed by atoms with E-state index in [1.165, 1.54) is 41.9 Å². The van der Waals surface area contributed by atoms with E-state index in [-0.39, 0.29) is 24.6 Å². The third kappa shape index (κ3) is 5.02. The number of methoxy groups -OCH3 is 1. The summed E-state index contributed by atoms with van der Waals surface area (Å²) in [6.45, 7) is 0.364. The fourth-order valence-electron chi connectivity index (χ4n) is 2.64. The van der Waals surface area contributed by atoms with E-state index in [4.69, 9.17) is 26.0 Å². The molecule has 0 aliphatic carbocycles. The van der Waals surface area contributed by atoms with Gasteiger partial charge in [-0.15, -0.1) is 0 Å². The number of oxazole rings is 1. The number of halogens is 1. The number of hydrogen-bond acceptors (Lipinski definition) is 6. The van der Waals surface area contributed by atoms with Crippen LogP contribution in [-0.4, -0.2) is 38.0 Å². The predicted octanol–water partition coefficient (Wildman–Crippen LogP) is 3.70. The fourth-order valence-corrected chi connectivity index (χ4v) is 4.23. The molecule has 2 aromatic carbocycles. The molecule has 0 aliphatic rings. The Bertz CT molecular complexity index is 1120. The third-order valence-corrected chi connectivity index (χ3v) is 6.22. The van der Waals surface area contributed by atoms with E-state index in [0.717, 1.165) is 0 Å². The van der Waals surface area contributed by atoms with Crippen LogP contribution < -0.4 is 0 Å². The molecule has 0 fully saturated rings. The van der Waals surface area contributed by atoms with Crippen molar-refractivity contribution in [2.24, 2.45) is 0 Å². The molecule has 150 valence electrons. The Morgan fingerprint density at radius 1 is 1.24 bits per heavy atom. The normalized spacial score (nSPS) is 11.5. The van der Waals surface area contributed by atoms with Crippen LogP contribution in [0.5, 0.6) is 0 Å². The van der Waals surface area contributed by atoms with E-state index >= 15 is 0 Å². The molecule has 0 aliphatic heterocycles. The second-order valence-corrected chi connectivity index (χ2v) is 8.50. The topological polar surface area (TPSA) is 96.4 Å². The van der Waals surface area contributed by atoms with Crippen molar-refractivity contribution in [1.29, 1.82) is 5.26 Å². The van der Waals surface area contributed by atoms with Crippen LogP contribution in [0.4, 0.5) is 0 Å². The van der Waals surface area contributed by atoms with Crippen LogP contribution in [0.3, 0.4) is 0 Å². The molecule has 0 amide bonds. The van der Waals surface area contributed by atoms with E-state index in [0.29, 0.717) is 27.7 Å². The average molecular weight is 432 g/mol. The van der Waals surface area contributed by atoms with Gasteiger partial charge in [-0.2, -0.15) is 9.57 Å². The number of benzene rings is 2. The Kier molecular flexibility index (Phi) is 6.67. The first-order valence-electron chi connectivity index (χ1n) is 8.63. The zero-order chi connectivity index (χ0) is 20.9. The molecule has 9 heteroatoms. The first kappa shape index (κ1) is 21.0. The van der Waals surface area contributed by atoms with Crippen LogP contribution in [0, 0.1) is 11.3 Å². The first-order chi connectivity index (χ1) is 13.9. The summed E-state index contributed by atoms with van der Waals surface area (Å²) < 4.78 is 38.0. The minimum Gasteiger partial charge on any atom is -0.444 e. The van der Waals surface area contributed by atoms with E-state index in [2.05, 4.69) is 4.98 Å². The van der Waals surface area contributed by atoms with Gasteiger partial charge in [-0.1, -0.05) is 17.7 Å². The molecule has 1 heterocycles. The van der Waals surface area contributed by atoms with Gasteiger partial charge in [-0.25, -0.2) is 13.4 Å². The van der Waals surface area contributed by atoms with Gasteiger partial charge in [0.05, 0.1) is 35.4 Å². The Balaban J connectivity index is 1.86. The Hall–Kier alpha value is -2.70. The molecule has 0 unspecified atom stereocenters. The summed E-state index contributed by atoms with van der Waals surface area (Å²) in [5, 5.41) is 9.46. The summed E-state index contributed by atoms with van der Waals surface area (Å²) in [5.41, 5.74) is 1.53. The number of aromatic nitrogens is 1. The summed E-state index contributed by atoms with van der Waals surface area (Å²) in [6.07, 6.45) is 1.42. The Morgan fingerprint density at radius 2 is 2.00 bits per heavy atom. The van der Waals surface area contributed by atoms with Crippen molar-refractivity contribution in [2.45, 2.75) is 11.4 Å². The Morgan fingerprint density at radius 3 is 2.66 bits per heavy atom. The zero-order valence-electron chi connectivity index (χ0n) is 15.6. The minimum absolute atomic E-state index is 0.00968. The van der Waals surface area contributed by atoms with Crippen molar-refractivity contribution < 1.29 is 17.6 Å². The maximum Gasteiger partial charge on any atom is 0.243 e. The largest absolute Gasteiger partial charge is 0.444 e. The maximum atomic E-state index is 13.1. The monoisotopic (exact) mass is 431 g/mol. The number of nitriles is 1. The molecule has 0 spiro atoms. The second kappa shape index (κ2) is 9.20. The highest BCUT2D eigenvalue weighted by Gasteiger charge is 2.25. The highest BCUT2D eigenvalue weighted by atomic mass is 35.5. The molecule has 0 atom stereocenters. The molecule has 0 N–H and O–H groups in total. The SMILES string of the molecule is COCCN(Cc1coc(-c2cccc(Cl)c2)n1)S(=O)(=O)c1ccc(C#N)cc1. The summed E-state index contributed by atoms with van der Waals surface area (Å²) >= 11 is 6.00. The molecule has 1 aromatic heterocycles. The van der Waals surface area contributed by atoms with Gasteiger partial charge in [-0.3, -0.25) is 0 Å². The lowest BCUT2D eigenvalue weighted by Gasteiger charge is -2.20. The highest BCUT2D eigenvalue weighted by Crippen LogP contribution is 2.24. The van der Waals surface area contributed by atoms with E-state index < -0.39 is 10.0 Å². The molecular formula is C20H18ClN3O4S. The van der Waals surface area contributed by atoms with Crippen molar-refractivity contribution >= 4 is 21.6 Å². The van der Waals surface area contributed by atoms with Crippen LogP contribution in [0.25, 0.3) is 11.5 Å². The average Bonchev–Trinajstić information content (AvgIpc) is 3.20. The number of ether oxygens (including phenoxy) is 1. The summed E-state index contributed by atoms with van der Waals surface area (Å²) in [4.78, 5) is 4.48. The number of nitrogens with zero attached hydrogens (tertiary/aromatic N) is 3. The van der Waals surface area contributed by atoms with Crippen molar-refractivity contribution in [3.63, 3.8) is 0 Å². The lowest BCUT2D eigenvalue weighted by atomic mass is 10.2. The second-order valence-electron chi connectivity index (χ2n) is 6.12. The molecule has 7 nitrogen and oxygen atoms in total. The van der Waals surface area contributed by atoms with Crippen LogP contribution >= 0.6 is 11.6 Å². The highest BCUT2D eigenvalue weighted by molar-refractivity contribution is 7.89. The third-order valence-electron chi connectivity index (χ3n) is 4.13. The summed E-state index contributed by atoms with van der Waals surface area (Å²) in [6, 6.07) is 14.8. The van der Waals surface area contributed by atoms with Crippen LogP contribution in [-0.2, 0) is 21.3 Å². The maximum absolute atomic E-state index is 13.1.